The highest BCUT2D eigenvalue weighted by Gasteiger charge is 2.24. The van der Waals surface area contributed by atoms with Gasteiger partial charge in [0.2, 0.25) is 0 Å². The minimum Gasteiger partial charge on any atom is -0.495 e. The van der Waals surface area contributed by atoms with Gasteiger partial charge >= 0.3 is 5.97 Å². The third-order valence-electron chi connectivity index (χ3n) is 5.34. The number of rotatable bonds is 8. The maximum absolute atomic E-state index is 13.0. The van der Waals surface area contributed by atoms with Gasteiger partial charge in [0.1, 0.15) is 5.75 Å². The monoisotopic (exact) mass is 467 g/mol. The average Bonchev–Trinajstić information content (AvgIpc) is 2.83. The van der Waals surface area contributed by atoms with E-state index in [0.717, 1.165) is 15.4 Å². The molecule has 0 N–H and O–H groups in total. The lowest BCUT2D eigenvalue weighted by Crippen LogP contribution is -2.27. The Balaban J connectivity index is 1.70. The van der Waals surface area contributed by atoms with Gasteiger partial charge in [-0.05, 0) is 67.4 Å². The van der Waals surface area contributed by atoms with Crippen LogP contribution >= 0.6 is 0 Å². The molecule has 7 nitrogen and oxygen atoms in total. The SMILES string of the molecule is COc1ccccc1N(C)S(=O)(=O)c1ccc(C(=O)OCC(=O)c2ccc(C)c(C)c2)cc1. The number of Topliss-reactive ketones (excluding diaryl/α,β-unsaturated/α-hetero) is 1. The van der Waals surface area contributed by atoms with Crippen LogP contribution in [-0.4, -0.2) is 40.9 Å². The number of sulfonamides is 1. The molecule has 0 aliphatic heterocycles. The minimum absolute atomic E-state index is 0.00124. The zero-order valence-electron chi connectivity index (χ0n) is 18.9. The Labute approximate surface area is 193 Å². The second kappa shape index (κ2) is 9.87. The van der Waals surface area contributed by atoms with E-state index in [0.29, 0.717) is 17.0 Å². The minimum atomic E-state index is -3.89. The number of anilines is 1. The summed E-state index contributed by atoms with van der Waals surface area (Å²) in [7, 11) is -1.00. The average molecular weight is 468 g/mol. The Morgan fingerprint density at radius 1 is 0.879 bits per heavy atom. The Morgan fingerprint density at radius 2 is 1.52 bits per heavy atom. The van der Waals surface area contributed by atoms with Crippen molar-refractivity contribution in [1.29, 1.82) is 0 Å². The van der Waals surface area contributed by atoms with E-state index >= 15 is 0 Å². The van der Waals surface area contributed by atoms with Crippen molar-refractivity contribution < 1.29 is 27.5 Å². The van der Waals surface area contributed by atoms with Crippen LogP contribution in [0.1, 0.15) is 31.8 Å². The van der Waals surface area contributed by atoms with Crippen LogP contribution < -0.4 is 9.04 Å². The van der Waals surface area contributed by atoms with E-state index in [9.17, 15) is 18.0 Å². The molecule has 0 fully saturated rings. The lowest BCUT2D eigenvalue weighted by Gasteiger charge is -2.21. The zero-order valence-corrected chi connectivity index (χ0v) is 19.7. The largest absolute Gasteiger partial charge is 0.495 e. The number of methoxy groups -OCH3 is 1. The number of hydrogen-bond donors (Lipinski definition) is 0. The highest BCUT2D eigenvalue weighted by atomic mass is 32.2. The molecule has 0 spiro atoms. The molecule has 8 heteroatoms. The molecule has 0 saturated carbocycles. The van der Waals surface area contributed by atoms with Crippen molar-refractivity contribution in [3.8, 4) is 5.75 Å². The zero-order chi connectivity index (χ0) is 24.2. The molecule has 33 heavy (non-hydrogen) atoms. The number of benzene rings is 3. The number of ketones is 1. The number of nitrogens with zero attached hydrogens (tertiary/aromatic N) is 1. The van der Waals surface area contributed by atoms with Crippen LogP contribution in [0.3, 0.4) is 0 Å². The molecule has 0 atom stereocenters. The van der Waals surface area contributed by atoms with Gasteiger partial charge in [-0.2, -0.15) is 0 Å². The van der Waals surface area contributed by atoms with Crippen LogP contribution in [0, 0.1) is 13.8 Å². The van der Waals surface area contributed by atoms with Crippen LogP contribution in [0.15, 0.2) is 71.6 Å². The van der Waals surface area contributed by atoms with Crippen LogP contribution in [0.25, 0.3) is 0 Å². The second-order valence-corrected chi connectivity index (χ2v) is 9.44. The summed E-state index contributed by atoms with van der Waals surface area (Å²) in [6.07, 6.45) is 0. The Morgan fingerprint density at radius 3 is 2.15 bits per heavy atom. The molecule has 0 radical (unpaired) electrons. The van der Waals surface area contributed by atoms with Gasteiger partial charge in [0.25, 0.3) is 10.0 Å². The first-order valence-corrected chi connectivity index (χ1v) is 11.6. The van der Waals surface area contributed by atoms with Crippen LogP contribution in [-0.2, 0) is 14.8 Å². The number of aryl methyl sites for hydroxylation is 2. The molecular weight excluding hydrogens is 442 g/mol. The topological polar surface area (TPSA) is 90.0 Å². The van der Waals surface area contributed by atoms with Crippen molar-refractivity contribution in [1.82, 2.24) is 0 Å². The fourth-order valence-corrected chi connectivity index (χ4v) is 4.36. The second-order valence-electron chi connectivity index (χ2n) is 7.47. The number of carbonyl (C=O) groups excluding carboxylic acids is 2. The summed E-state index contributed by atoms with van der Waals surface area (Å²) in [5.74, 6) is -0.615. The molecule has 0 amide bonds. The molecule has 3 rings (SSSR count). The molecule has 0 bridgehead atoms. The lowest BCUT2D eigenvalue weighted by atomic mass is 10.0. The van der Waals surface area contributed by atoms with Crippen molar-refractivity contribution in [2.24, 2.45) is 0 Å². The van der Waals surface area contributed by atoms with E-state index in [1.807, 2.05) is 19.9 Å². The normalized spacial score (nSPS) is 11.0. The highest BCUT2D eigenvalue weighted by Crippen LogP contribution is 2.30. The summed E-state index contributed by atoms with van der Waals surface area (Å²) in [6.45, 7) is 3.44. The van der Waals surface area contributed by atoms with Crippen LogP contribution in [0.4, 0.5) is 5.69 Å². The number of carbonyl (C=O) groups is 2. The number of hydrogen-bond acceptors (Lipinski definition) is 6. The summed E-state index contributed by atoms with van der Waals surface area (Å²) < 4.78 is 37.5. The highest BCUT2D eigenvalue weighted by molar-refractivity contribution is 7.92. The van der Waals surface area contributed by atoms with Crippen molar-refractivity contribution in [2.45, 2.75) is 18.7 Å². The molecule has 0 heterocycles. The summed E-state index contributed by atoms with van der Waals surface area (Å²) in [5.41, 5.74) is 3.03. The maximum Gasteiger partial charge on any atom is 0.338 e. The Kier molecular flexibility index (Phi) is 7.18. The first-order chi connectivity index (χ1) is 15.6. The van der Waals surface area contributed by atoms with E-state index < -0.39 is 22.6 Å². The molecule has 172 valence electrons. The van der Waals surface area contributed by atoms with Crippen molar-refractivity contribution >= 4 is 27.5 Å². The van der Waals surface area contributed by atoms with Gasteiger partial charge in [0, 0.05) is 12.6 Å². The molecule has 3 aromatic carbocycles. The fourth-order valence-electron chi connectivity index (χ4n) is 3.15. The summed E-state index contributed by atoms with van der Waals surface area (Å²) in [5, 5.41) is 0. The first-order valence-electron chi connectivity index (χ1n) is 10.1. The fraction of sp³-hybridized carbons (Fsp3) is 0.200. The van der Waals surface area contributed by atoms with Gasteiger partial charge in [0.05, 0.1) is 23.3 Å². The van der Waals surface area contributed by atoms with Crippen molar-refractivity contribution in [3.05, 3.63) is 89.0 Å². The van der Waals surface area contributed by atoms with Gasteiger partial charge in [-0.1, -0.05) is 24.3 Å². The smallest absolute Gasteiger partial charge is 0.338 e. The molecule has 3 aromatic rings. The van der Waals surface area contributed by atoms with Crippen molar-refractivity contribution in [2.75, 3.05) is 25.1 Å². The van der Waals surface area contributed by atoms with Gasteiger partial charge in [-0.3, -0.25) is 9.10 Å². The summed E-state index contributed by atoms with van der Waals surface area (Å²) >= 11 is 0. The van der Waals surface area contributed by atoms with Gasteiger partial charge in [0.15, 0.2) is 12.4 Å². The van der Waals surface area contributed by atoms with E-state index in [2.05, 4.69) is 0 Å². The van der Waals surface area contributed by atoms with Crippen LogP contribution in [0.2, 0.25) is 0 Å². The van der Waals surface area contributed by atoms with Gasteiger partial charge < -0.3 is 9.47 Å². The maximum atomic E-state index is 13.0. The summed E-state index contributed by atoms with van der Waals surface area (Å²) in [4.78, 5) is 24.7. The molecule has 0 aliphatic carbocycles. The Hall–Kier alpha value is -3.65. The number of para-hydroxylation sites is 2. The molecule has 0 saturated heterocycles. The van der Waals surface area contributed by atoms with Crippen LogP contribution in [0.5, 0.6) is 5.75 Å². The Bertz CT molecular complexity index is 1280. The predicted molar refractivity (Wildman–Crippen MR) is 126 cm³/mol. The quantitative estimate of drug-likeness (QED) is 0.365. The number of ether oxygens (including phenoxy) is 2. The number of esters is 1. The summed E-state index contributed by atoms with van der Waals surface area (Å²) in [6, 6.07) is 17.4. The standard InChI is InChI=1S/C25H25NO6S/c1-17-9-10-20(15-18(17)2)23(27)16-32-25(28)19-11-13-21(14-12-19)33(29,30)26(3)22-7-5-6-8-24(22)31-4/h5-15H,16H2,1-4H3. The van der Waals surface area contributed by atoms with E-state index in [1.54, 1.807) is 36.4 Å². The first kappa shape index (κ1) is 24.0. The predicted octanol–water partition coefficient (Wildman–Crippen LogP) is 4.18. The van der Waals surface area contributed by atoms with E-state index in [4.69, 9.17) is 9.47 Å². The third-order valence-corrected chi connectivity index (χ3v) is 7.12. The van der Waals surface area contributed by atoms with Gasteiger partial charge in [-0.15, -0.1) is 0 Å². The van der Waals surface area contributed by atoms with E-state index in [-0.39, 0.29) is 16.2 Å². The third kappa shape index (κ3) is 5.23. The molecule has 0 unspecified atom stereocenters. The van der Waals surface area contributed by atoms with Gasteiger partial charge in [-0.25, -0.2) is 13.2 Å². The molecule has 0 aromatic heterocycles. The van der Waals surface area contributed by atoms with E-state index in [1.165, 1.54) is 38.4 Å². The lowest BCUT2D eigenvalue weighted by molar-refractivity contribution is 0.0474. The molecule has 0 aliphatic rings. The van der Waals surface area contributed by atoms with Crippen molar-refractivity contribution in [3.63, 3.8) is 0 Å². The molecular formula is C25H25NO6S.